The highest BCUT2D eigenvalue weighted by Gasteiger charge is 2.12. The van der Waals surface area contributed by atoms with Gasteiger partial charge in [-0.2, -0.15) is 5.10 Å². The predicted octanol–water partition coefficient (Wildman–Crippen LogP) is 2.57. The molecule has 144 valence electrons. The zero-order valence-electron chi connectivity index (χ0n) is 15.6. The van der Waals surface area contributed by atoms with Gasteiger partial charge < -0.3 is 16.0 Å². The lowest BCUT2D eigenvalue weighted by Crippen LogP contribution is -2.34. The topological polar surface area (TPSA) is 105 Å². The van der Waals surface area contributed by atoms with E-state index in [1.54, 1.807) is 48.5 Å². The third-order valence-electron chi connectivity index (χ3n) is 3.92. The van der Waals surface area contributed by atoms with Crippen LogP contribution in [0.5, 0.6) is 0 Å². The lowest BCUT2D eigenvalue weighted by Gasteiger charge is -2.15. The molecule has 3 aromatic rings. The minimum absolute atomic E-state index is 0.0125. The van der Waals surface area contributed by atoms with E-state index in [0.717, 1.165) is 0 Å². The number of urea groups is 1. The van der Waals surface area contributed by atoms with E-state index in [0.29, 0.717) is 22.3 Å². The fraction of sp³-hybridized carbons (Fsp3) is 0.200. The summed E-state index contributed by atoms with van der Waals surface area (Å²) in [5.41, 5.74) is 1.33. The van der Waals surface area contributed by atoms with E-state index in [-0.39, 0.29) is 30.0 Å². The van der Waals surface area contributed by atoms with Crippen LogP contribution in [-0.2, 0) is 11.3 Å². The smallest absolute Gasteiger partial charge is 0.319 e. The first kappa shape index (κ1) is 19.1. The van der Waals surface area contributed by atoms with Gasteiger partial charge >= 0.3 is 6.03 Å². The number of rotatable bonds is 5. The van der Waals surface area contributed by atoms with Crippen molar-refractivity contribution in [1.82, 2.24) is 15.1 Å². The Hall–Kier alpha value is -3.68. The van der Waals surface area contributed by atoms with Crippen molar-refractivity contribution in [1.29, 1.82) is 0 Å². The molecule has 0 bridgehead atoms. The number of anilines is 2. The molecule has 8 heteroatoms. The van der Waals surface area contributed by atoms with Crippen molar-refractivity contribution in [2.75, 3.05) is 10.6 Å². The Bertz CT molecular complexity index is 1070. The monoisotopic (exact) mass is 379 g/mol. The Balaban J connectivity index is 1.77. The average molecular weight is 379 g/mol. The van der Waals surface area contributed by atoms with Gasteiger partial charge in [-0.15, -0.1) is 0 Å². The first-order chi connectivity index (χ1) is 13.4. The van der Waals surface area contributed by atoms with Gasteiger partial charge in [-0.05, 0) is 38.1 Å². The van der Waals surface area contributed by atoms with Gasteiger partial charge in [0.05, 0.1) is 23.1 Å². The minimum atomic E-state index is -0.357. The fourth-order valence-corrected chi connectivity index (χ4v) is 2.73. The molecule has 0 spiro atoms. The van der Waals surface area contributed by atoms with Crippen LogP contribution in [0.3, 0.4) is 0 Å². The SMILES string of the molecule is CC(C)NC(=O)Nc1ccccc1NC(=O)Cn1ncc(=O)c2ccccc21. The second kappa shape index (κ2) is 8.34. The van der Waals surface area contributed by atoms with E-state index >= 15 is 0 Å². The summed E-state index contributed by atoms with van der Waals surface area (Å²) in [6, 6.07) is 13.5. The molecule has 0 saturated heterocycles. The van der Waals surface area contributed by atoms with Gasteiger partial charge in [-0.25, -0.2) is 4.79 Å². The lowest BCUT2D eigenvalue weighted by molar-refractivity contribution is -0.116. The molecule has 3 N–H and O–H groups in total. The number of fused-ring (bicyclic) bond motifs is 1. The molecular weight excluding hydrogens is 358 g/mol. The number of para-hydroxylation sites is 3. The predicted molar refractivity (Wildman–Crippen MR) is 108 cm³/mol. The molecule has 0 radical (unpaired) electrons. The van der Waals surface area contributed by atoms with Gasteiger partial charge in [0.1, 0.15) is 6.54 Å². The van der Waals surface area contributed by atoms with Crippen molar-refractivity contribution in [3.05, 3.63) is 65.0 Å². The third kappa shape index (κ3) is 4.53. The number of hydrogen-bond donors (Lipinski definition) is 3. The lowest BCUT2D eigenvalue weighted by atomic mass is 10.2. The van der Waals surface area contributed by atoms with Crippen LogP contribution in [0, 0.1) is 0 Å². The highest BCUT2D eigenvalue weighted by atomic mass is 16.2. The number of carbonyl (C=O) groups excluding carboxylic acids is 2. The number of hydrogen-bond acceptors (Lipinski definition) is 4. The summed E-state index contributed by atoms with van der Waals surface area (Å²) in [6.07, 6.45) is 1.20. The molecule has 1 heterocycles. The number of nitrogens with one attached hydrogen (secondary N) is 3. The van der Waals surface area contributed by atoms with E-state index in [9.17, 15) is 14.4 Å². The molecule has 0 atom stereocenters. The summed E-state index contributed by atoms with van der Waals surface area (Å²) in [4.78, 5) is 36.4. The number of amides is 3. The minimum Gasteiger partial charge on any atom is -0.336 e. The summed E-state index contributed by atoms with van der Waals surface area (Å²) >= 11 is 0. The zero-order chi connectivity index (χ0) is 20.1. The van der Waals surface area contributed by atoms with Crippen LogP contribution in [0.25, 0.3) is 10.9 Å². The van der Waals surface area contributed by atoms with Gasteiger partial charge in [0, 0.05) is 11.4 Å². The molecule has 0 fully saturated rings. The third-order valence-corrected chi connectivity index (χ3v) is 3.92. The Kier molecular flexibility index (Phi) is 5.69. The van der Waals surface area contributed by atoms with Crippen molar-refractivity contribution < 1.29 is 9.59 Å². The summed E-state index contributed by atoms with van der Waals surface area (Å²) in [5, 5.41) is 12.8. The quantitative estimate of drug-likeness (QED) is 0.633. The van der Waals surface area contributed by atoms with Crippen LogP contribution in [0.15, 0.2) is 59.5 Å². The molecule has 2 aromatic carbocycles. The molecule has 0 aliphatic heterocycles. The Labute approximate surface area is 161 Å². The first-order valence-electron chi connectivity index (χ1n) is 8.85. The molecule has 28 heavy (non-hydrogen) atoms. The summed E-state index contributed by atoms with van der Waals surface area (Å²) in [5.74, 6) is -0.334. The second-order valence-corrected chi connectivity index (χ2v) is 6.53. The van der Waals surface area contributed by atoms with Crippen molar-refractivity contribution in [3.63, 3.8) is 0 Å². The molecule has 0 aliphatic rings. The molecule has 8 nitrogen and oxygen atoms in total. The number of nitrogens with zero attached hydrogens (tertiary/aromatic N) is 2. The summed E-state index contributed by atoms with van der Waals surface area (Å²) in [6.45, 7) is 3.64. The van der Waals surface area contributed by atoms with Crippen LogP contribution >= 0.6 is 0 Å². The highest BCUT2D eigenvalue weighted by Crippen LogP contribution is 2.21. The Morgan fingerprint density at radius 3 is 2.36 bits per heavy atom. The van der Waals surface area contributed by atoms with Crippen molar-refractivity contribution >= 4 is 34.2 Å². The highest BCUT2D eigenvalue weighted by molar-refractivity contribution is 5.99. The fourth-order valence-electron chi connectivity index (χ4n) is 2.73. The van der Waals surface area contributed by atoms with E-state index in [1.165, 1.54) is 10.9 Å². The van der Waals surface area contributed by atoms with Gasteiger partial charge in [-0.3, -0.25) is 14.3 Å². The summed E-state index contributed by atoms with van der Waals surface area (Å²) in [7, 11) is 0. The normalized spacial score (nSPS) is 10.7. The van der Waals surface area contributed by atoms with Crippen molar-refractivity contribution in [3.8, 4) is 0 Å². The van der Waals surface area contributed by atoms with E-state index in [1.807, 2.05) is 13.8 Å². The number of aromatic nitrogens is 2. The molecule has 3 amide bonds. The van der Waals surface area contributed by atoms with Crippen molar-refractivity contribution in [2.24, 2.45) is 0 Å². The second-order valence-electron chi connectivity index (χ2n) is 6.53. The van der Waals surface area contributed by atoms with Gasteiger partial charge in [0.15, 0.2) is 0 Å². The van der Waals surface area contributed by atoms with Gasteiger partial charge in [0.2, 0.25) is 11.3 Å². The van der Waals surface area contributed by atoms with E-state index < -0.39 is 0 Å². The van der Waals surface area contributed by atoms with E-state index in [4.69, 9.17) is 0 Å². The molecule has 0 unspecified atom stereocenters. The molecule has 1 aromatic heterocycles. The van der Waals surface area contributed by atoms with Crippen LogP contribution < -0.4 is 21.4 Å². The Morgan fingerprint density at radius 1 is 1.00 bits per heavy atom. The van der Waals surface area contributed by atoms with Crippen LogP contribution in [0.4, 0.5) is 16.2 Å². The van der Waals surface area contributed by atoms with Crippen LogP contribution in [-0.4, -0.2) is 27.8 Å². The largest absolute Gasteiger partial charge is 0.336 e. The maximum atomic E-state index is 12.5. The molecule has 3 rings (SSSR count). The van der Waals surface area contributed by atoms with Gasteiger partial charge in [-0.1, -0.05) is 24.3 Å². The average Bonchev–Trinajstić information content (AvgIpc) is 2.65. The molecule has 0 saturated carbocycles. The molecular formula is C20H21N5O3. The first-order valence-corrected chi connectivity index (χ1v) is 8.85. The molecule has 0 aliphatic carbocycles. The zero-order valence-corrected chi connectivity index (χ0v) is 15.6. The Morgan fingerprint density at radius 2 is 1.64 bits per heavy atom. The number of carbonyl (C=O) groups is 2. The van der Waals surface area contributed by atoms with Gasteiger partial charge in [0.25, 0.3) is 0 Å². The van der Waals surface area contributed by atoms with Crippen LogP contribution in [0.1, 0.15) is 13.8 Å². The van der Waals surface area contributed by atoms with Crippen molar-refractivity contribution in [2.45, 2.75) is 26.4 Å². The maximum Gasteiger partial charge on any atom is 0.319 e. The summed E-state index contributed by atoms with van der Waals surface area (Å²) < 4.78 is 1.47. The standard InChI is InChI=1S/C20H21N5O3/c1-13(2)22-20(28)24-16-9-5-4-8-15(16)23-19(27)12-25-17-10-6-3-7-14(17)18(26)11-21-25/h3-11,13H,12H2,1-2H3,(H,23,27)(H2,22,24,28). The van der Waals surface area contributed by atoms with E-state index in [2.05, 4.69) is 21.0 Å². The number of benzene rings is 2. The van der Waals surface area contributed by atoms with Crippen LogP contribution in [0.2, 0.25) is 0 Å². The maximum absolute atomic E-state index is 12.5.